The Kier molecular flexibility index (Phi) is 4.05. The normalized spacial score (nSPS) is 17.2. The topological polar surface area (TPSA) is 68.8 Å². The van der Waals surface area contributed by atoms with E-state index in [0.29, 0.717) is 5.56 Å². The van der Waals surface area contributed by atoms with Crippen LogP contribution < -0.4 is 0 Å². The molecule has 1 amide bonds. The van der Waals surface area contributed by atoms with Gasteiger partial charge in [0, 0.05) is 24.0 Å². The summed E-state index contributed by atoms with van der Waals surface area (Å²) in [5, 5.41) is 12.0. The zero-order chi connectivity index (χ0) is 17.2. The second-order valence-electron chi connectivity index (χ2n) is 6.45. The largest absolute Gasteiger partial charge is 0.334 e. The third-order valence-electron chi connectivity index (χ3n) is 4.63. The first-order chi connectivity index (χ1) is 12.2. The molecule has 1 atom stereocenters. The molecule has 7 nitrogen and oxygen atoms in total. The van der Waals surface area contributed by atoms with Crippen LogP contribution in [-0.4, -0.2) is 47.9 Å². The van der Waals surface area contributed by atoms with Gasteiger partial charge in [0.05, 0.1) is 18.8 Å². The third-order valence-corrected chi connectivity index (χ3v) is 4.63. The number of amides is 1. The molecule has 25 heavy (non-hydrogen) atoms. The predicted molar refractivity (Wildman–Crippen MR) is 92.4 cm³/mol. The lowest BCUT2D eigenvalue weighted by molar-refractivity contribution is 0.0721. The Morgan fingerprint density at radius 2 is 1.96 bits per heavy atom. The number of aromatic nitrogens is 5. The Balaban J connectivity index is 1.49. The first kappa shape index (κ1) is 15.6. The number of carbonyl (C=O) groups is 1. The highest BCUT2D eigenvalue weighted by Gasteiger charge is 2.29. The maximum atomic E-state index is 12.9. The molecule has 0 bridgehead atoms. The van der Waals surface area contributed by atoms with Crippen molar-refractivity contribution >= 4 is 5.91 Å². The van der Waals surface area contributed by atoms with Gasteiger partial charge < -0.3 is 4.90 Å². The number of likely N-dealkylation sites (tertiary alicyclic amines) is 1. The van der Waals surface area contributed by atoms with E-state index in [2.05, 4.69) is 15.3 Å². The average molecular weight is 336 g/mol. The molecule has 7 heteroatoms. The molecule has 1 aromatic carbocycles. The van der Waals surface area contributed by atoms with Crippen molar-refractivity contribution in [3.63, 3.8) is 0 Å². The Morgan fingerprint density at radius 1 is 1.20 bits per heavy atom. The van der Waals surface area contributed by atoms with E-state index in [1.807, 2.05) is 57.7 Å². The van der Waals surface area contributed by atoms with E-state index in [4.69, 9.17) is 0 Å². The SMILES string of the molecule is Cc1cnn(C[C@@H]2CCCN2C(=O)c2ccc(-n3cnnc3)cc2)c1. The van der Waals surface area contributed by atoms with E-state index in [1.165, 1.54) is 0 Å². The highest BCUT2D eigenvalue weighted by atomic mass is 16.2. The molecule has 0 spiro atoms. The summed E-state index contributed by atoms with van der Waals surface area (Å²) in [7, 11) is 0. The average Bonchev–Trinajstić information content (AvgIpc) is 3.37. The van der Waals surface area contributed by atoms with E-state index in [9.17, 15) is 4.79 Å². The number of rotatable bonds is 4. The quantitative estimate of drug-likeness (QED) is 0.731. The van der Waals surface area contributed by atoms with Gasteiger partial charge in [-0.1, -0.05) is 0 Å². The number of benzene rings is 1. The van der Waals surface area contributed by atoms with Crippen LogP contribution in [0.1, 0.15) is 28.8 Å². The zero-order valence-electron chi connectivity index (χ0n) is 14.1. The molecule has 0 aliphatic carbocycles. The first-order valence-electron chi connectivity index (χ1n) is 8.46. The van der Waals surface area contributed by atoms with Gasteiger partial charge in [-0.15, -0.1) is 10.2 Å². The Bertz CT molecular complexity index is 852. The molecule has 1 aliphatic rings. The maximum absolute atomic E-state index is 12.9. The summed E-state index contributed by atoms with van der Waals surface area (Å²) < 4.78 is 3.74. The summed E-state index contributed by atoms with van der Waals surface area (Å²) >= 11 is 0. The van der Waals surface area contributed by atoms with Gasteiger partial charge in [-0.3, -0.25) is 14.0 Å². The van der Waals surface area contributed by atoms with Crippen LogP contribution in [0.25, 0.3) is 5.69 Å². The van der Waals surface area contributed by atoms with E-state index < -0.39 is 0 Å². The molecular weight excluding hydrogens is 316 g/mol. The fourth-order valence-electron chi connectivity index (χ4n) is 3.35. The summed E-state index contributed by atoms with van der Waals surface area (Å²) in [6.07, 6.45) is 9.21. The van der Waals surface area contributed by atoms with Gasteiger partial charge in [0.25, 0.3) is 5.91 Å². The summed E-state index contributed by atoms with van der Waals surface area (Å²) in [5.74, 6) is 0.0849. The summed E-state index contributed by atoms with van der Waals surface area (Å²) in [5.41, 5.74) is 2.78. The van der Waals surface area contributed by atoms with Crippen molar-refractivity contribution in [3.05, 3.63) is 60.4 Å². The van der Waals surface area contributed by atoms with Crippen molar-refractivity contribution < 1.29 is 4.79 Å². The van der Waals surface area contributed by atoms with Crippen LogP contribution in [0.5, 0.6) is 0 Å². The second kappa shape index (κ2) is 6.51. The number of aryl methyl sites for hydroxylation is 1. The van der Waals surface area contributed by atoms with Crippen molar-refractivity contribution in [3.8, 4) is 5.69 Å². The van der Waals surface area contributed by atoms with Crippen molar-refractivity contribution in [2.24, 2.45) is 0 Å². The number of hydrogen-bond acceptors (Lipinski definition) is 4. The minimum atomic E-state index is 0.0849. The van der Waals surface area contributed by atoms with Crippen molar-refractivity contribution in [2.45, 2.75) is 32.4 Å². The molecule has 1 aliphatic heterocycles. The number of carbonyl (C=O) groups excluding carboxylic acids is 1. The van der Waals surface area contributed by atoms with Crippen LogP contribution in [0.4, 0.5) is 0 Å². The Hall–Kier alpha value is -2.96. The van der Waals surface area contributed by atoms with Crippen LogP contribution in [0.3, 0.4) is 0 Å². The van der Waals surface area contributed by atoms with Gasteiger partial charge in [-0.25, -0.2) is 0 Å². The lowest BCUT2D eigenvalue weighted by atomic mass is 10.1. The lowest BCUT2D eigenvalue weighted by Gasteiger charge is -2.25. The molecule has 0 N–H and O–H groups in total. The van der Waals surface area contributed by atoms with Crippen LogP contribution in [0.2, 0.25) is 0 Å². The van der Waals surface area contributed by atoms with E-state index in [1.54, 1.807) is 12.7 Å². The highest BCUT2D eigenvalue weighted by Crippen LogP contribution is 2.22. The van der Waals surface area contributed by atoms with Gasteiger partial charge in [0.2, 0.25) is 0 Å². The standard InChI is InChI=1S/C18H20N6O/c1-14-9-21-23(10-14)11-17-3-2-8-24(17)18(25)15-4-6-16(7-5-15)22-12-19-20-13-22/h4-7,9-10,12-13,17H,2-3,8,11H2,1H3/t17-/m0/s1. The molecule has 3 heterocycles. The molecule has 128 valence electrons. The monoisotopic (exact) mass is 336 g/mol. The third kappa shape index (κ3) is 3.17. The number of nitrogens with zero attached hydrogens (tertiary/aromatic N) is 6. The minimum Gasteiger partial charge on any atom is -0.334 e. The van der Waals surface area contributed by atoms with Gasteiger partial charge in [-0.05, 0) is 49.6 Å². The molecule has 4 rings (SSSR count). The second-order valence-corrected chi connectivity index (χ2v) is 6.45. The Morgan fingerprint density at radius 3 is 2.64 bits per heavy atom. The fraction of sp³-hybridized carbons (Fsp3) is 0.333. The maximum Gasteiger partial charge on any atom is 0.254 e. The molecular formula is C18H20N6O. The molecule has 1 fully saturated rings. The van der Waals surface area contributed by atoms with E-state index >= 15 is 0 Å². The molecule has 0 unspecified atom stereocenters. The summed E-state index contributed by atoms with van der Waals surface area (Å²) in [4.78, 5) is 14.9. The molecule has 2 aromatic heterocycles. The minimum absolute atomic E-state index is 0.0849. The molecule has 0 saturated carbocycles. The van der Waals surface area contributed by atoms with Crippen molar-refractivity contribution in [2.75, 3.05) is 6.54 Å². The number of hydrogen-bond donors (Lipinski definition) is 0. The van der Waals surface area contributed by atoms with Crippen molar-refractivity contribution in [1.29, 1.82) is 0 Å². The van der Waals surface area contributed by atoms with E-state index in [0.717, 1.165) is 37.2 Å². The summed E-state index contributed by atoms with van der Waals surface area (Å²) in [6.45, 7) is 3.58. The van der Waals surface area contributed by atoms with Crippen LogP contribution in [0, 0.1) is 6.92 Å². The summed E-state index contributed by atoms with van der Waals surface area (Å²) in [6, 6.07) is 7.76. The predicted octanol–water partition coefficient (Wildman–Crippen LogP) is 2.08. The van der Waals surface area contributed by atoms with Crippen LogP contribution in [-0.2, 0) is 6.54 Å². The van der Waals surface area contributed by atoms with Gasteiger partial charge >= 0.3 is 0 Å². The molecule has 1 saturated heterocycles. The van der Waals surface area contributed by atoms with Crippen LogP contribution >= 0.6 is 0 Å². The van der Waals surface area contributed by atoms with Gasteiger partial charge in [0.15, 0.2) is 0 Å². The van der Waals surface area contributed by atoms with E-state index in [-0.39, 0.29) is 11.9 Å². The van der Waals surface area contributed by atoms with Gasteiger partial charge in [-0.2, -0.15) is 5.10 Å². The fourth-order valence-corrected chi connectivity index (χ4v) is 3.35. The Labute approximate surface area is 145 Å². The van der Waals surface area contributed by atoms with Crippen LogP contribution in [0.15, 0.2) is 49.3 Å². The zero-order valence-corrected chi connectivity index (χ0v) is 14.1. The molecule has 0 radical (unpaired) electrons. The van der Waals surface area contributed by atoms with Gasteiger partial charge in [0.1, 0.15) is 12.7 Å². The smallest absolute Gasteiger partial charge is 0.254 e. The lowest BCUT2D eigenvalue weighted by Crippen LogP contribution is -2.38. The van der Waals surface area contributed by atoms with Crippen molar-refractivity contribution in [1.82, 2.24) is 29.4 Å². The molecule has 3 aromatic rings. The first-order valence-corrected chi connectivity index (χ1v) is 8.46. The highest BCUT2D eigenvalue weighted by molar-refractivity contribution is 5.94.